The third kappa shape index (κ3) is 6.53. The number of benzene rings is 2. The minimum absolute atomic E-state index is 0.0675. The monoisotopic (exact) mass is 439 g/mol. The summed E-state index contributed by atoms with van der Waals surface area (Å²) < 4.78 is 18.7. The molecular formula is C26H34FN3O2. The average Bonchev–Trinajstić information content (AvgIpc) is 2.84. The van der Waals surface area contributed by atoms with Crippen molar-refractivity contribution in [3.63, 3.8) is 0 Å². The SMILES string of the molecule is O=C(NCCCN1CCC(N2CCCCC2)CC1)c1ccc(Oc2ccc(F)cc2)cc1. The van der Waals surface area contributed by atoms with Crippen LogP contribution in [0, 0.1) is 5.82 Å². The Labute approximate surface area is 190 Å². The van der Waals surface area contributed by atoms with Gasteiger partial charge in [-0.05, 0) is 113 Å². The molecule has 0 unspecified atom stereocenters. The lowest BCUT2D eigenvalue weighted by molar-refractivity contribution is 0.0903. The number of ether oxygens (including phenoxy) is 1. The van der Waals surface area contributed by atoms with Gasteiger partial charge in [-0.25, -0.2) is 4.39 Å². The molecule has 0 saturated carbocycles. The van der Waals surface area contributed by atoms with E-state index in [2.05, 4.69) is 15.1 Å². The number of hydrogen-bond donors (Lipinski definition) is 1. The molecular weight excluding hydrogens is 405 g/mol. The summed E-state index contributed by atoms with van der Waals surface area (Å²) in [6.45, 7) is 6.64. The van der Waals surface area contributed by atoms with Crippen molar-refractivity contribution in [3.8, 4) is 11.5 Å². The van der Waals surface area contributed by atoms with Crippen LogP contribution in [0.15, 0.2) is 48.5 Å². The molecule has 2 aliphatic heterocycles. The van der Waals surface area contributed by atoms with E-state index in [4.69, 9.17) is 4.74 Å². The molecule has 32 heavy (non-hydrogen) atoms. The number of carbonyl (C=O) groups excluding carboxylic acids is 1. The topological polar surface area (TPSA) is 44.8 Å². The standard InChI is InChI=1S/C26H34FN3O2/c27-22-7-11-25(12-8-22)32-24-9-5-21(6-10-24)26(31)28-15-4-16-29-19-13-23(14-20-29)30-17-2-1-3-18-30/h5-12,23H,1-4,13-20H2,(H,28,31). The predicted octanol–water partition coefficient (Wildman–Crippen LogP) is 4.69. The number of carbonyl (C=O) groups is 1. The van der Waals surface area contributed by atoms with Crippen LogP contribution in [-0.2, 0) is 0 Å². The van der Waals surface area contributed by atoms with Gasteiger partial charge in [-0.1, -0.05) is 6.42 Å². The van der Waals surface area contributed by atoms with Crippen molar-refractivity contribution in [2.75, 3.05) is 39.3 Å². The number of rotatable bonds is 8. The lowest BCUT2D eigenvalue weighted by atomic mass is 10.00. The number of likely N-dealkylation sites (tertiary alicyclic amines) is 2. The van der Waals surface area contributed by atoms with Crippen molar-refractivity contribution in [3.05, 3.63) is 59.9 Å². The highest BCUT2D eigenvalue weighted by molar-refractivity contribution is 5.94. The molecule has 0 bridgehead atoms. The normalized spacial score (nSPS) is 18.4. The van der Waals surface area contributed by atoms with E-state index in [0.29, 0.717) is 23.6 Å². The van der Waals surface area contributed by atoms with Crippen LogP contribution in [0.1, 0.15) is 48.9 Å². The van der Waals surface area contributed by atoms with Crippen LogP contribution in [-0.4, -0.2) is 61.0 Å². The Balaban J connectivity index is 1.13. The first-order chi connectivity index (χ1) is 15.7. The fourth-order valence-electron chi connectivity index (χ4n) is 4.71. The molecule has 2 saturated heterocycles. The van der Waals surface area contributed by atoms with Gasteiger partial charge in [0.05, 0.1) is 0 Å². The molecule has 0 radical (unpaired) electrons. The Kier molecular flexibility index (Phi) is 8.13. The van der Waals surface area contributed by atoms with Crippen LogP contribution in [0.3, 0.4) is 0 Å². The Morgan fingerprint density at radius 3 is 2.19 bits per heavy atom. The summed E-state index contributed by atoms with van der Waals surface area (Å²) in [7, 11) is 0. The molecule has 6 heteroatoms. The van der Waals surface area contributed by atoms with Gasteiger partial charge in [-0.2, -0.15) is 0 Å². The molecule has 0 aromatic heterocycles. The van der Waals surface area contributed by atoms with Crippen LogP contribution < -0.4 is 10.1 Å². The molecule has 5 nitrogen and oxygen atoms in total. The lowest BCUT2D eigenvalue weighted by Crippen LogP contribution is -2.47. The van der Waals surface area contributed by atoms with Gasteiger partial charge in [0.15, 0.2) is 0 Å². The molecule has 2 fully saturated rings. The second-order valence-corrected chi connectivity index (χ2v) is 8.86. The van der Waals surface area contributed by atoms with Gasteiger partial charge < -0.3 is 19.9 Å². The van der Waals surface area contributed by atoms with E-state index in [0.717, 1.165) is 19.0 Å². The van der Waals surface area contributed by atoms with Gasteiger partial charge in [0.1, 0.15) is 17.3 Å². The minimum Gasteiger partial charge on any atom is -0.457 e. The van der Waals surface area contributed by atoms with Gasteiger partial charge in [0.25, 0.3) is 5.91 Å². The number of nitrogens with one attached hydrogen (secondary N) is 1. The zero-order valence-corrected chi connectivity index (χ0v) is 18.8. The summed E-state index contributed by atoms with van der Waals surface area (Å²) in [5.74, 6) is 0.804. The van der Waals surface area contributed by atoms with E-state index in [-0.39, 0.29) is 11.7 Å². The van der Waals surface area contributed by atoms with Crippen molar-refractivity contribution in [2.45, 2.75) is 44.6 Å². The second kappa shape index (κ2) is 11.4. The van der Waals surface area contributed by atoms with Gasteiger partial charge in [-0.3, -0.25) is 4.79 Å². The molecule has 4 rings (SSSR count). The molecule has 2 aromatic rings. The maximum absolute atomic E-state index is 13.0. The van der Waals surface area contributed by atoms with Crippen molar-refractivity contribution >= 4 is 5.91 Å². The maximum Gasteiger partial charge on any atom is 0.251 e. The fraction of sp³-hybridized carbons (Fsp3) is 0.500. The highest BCUT2D eigenvalue weighted by Gasteiger charge is 2.25. The Morgan fingerprint density at radius 2 is 1.53 bits per heavy atom. The van der Waals surface area contributed by atoms with Crippen LogP contribution >= 0.6 is 0 Å². The Morgan fingerprint density at radius 1 is 0.906 bits per heavy atom. The van der Waals surface area contributed by atoms with E-state index in [1.165, 1.54) is 70.4 Å². The first kappa shape index (κ1) is 22.7. The molecule has 2 aliphatic rings. The predicted molar refractivity (Wildman–Crippen MR) is 125 cm³/mol. The highest BCUT2D eigenvalue weighted by Crippen LogP contribution is 2.22. The summed E-state index contributed by atoms with van der Waals surface area (Å²) in [5, 5.41) is 3.02. The lowest BCUT2D eigenvalue weighted by Gasteiger charge is -2.40. The Bertz CT molecular complexity index is 842. The third-order valence-corrected chi connectivity index (χ3v) is 6.57. The van der Waals surface area contributed by atoms with Gasteiger partial charge >= 0.3 is 0 Å². The number of piperidine rings is 2. The van der Waals surface area contributed by atoms with E-state index < -0.39 is 0 Å². The van der Waals surface area contributed by atoms with Gasteiger partial charge in [0, 0.05) is 18.2 Å². The summed E-state index contributed by atoms with van der Waals surface area (Å²) in [6, 6.07) is 13.6. The molecule has 1 N–H and O–H groups in total. The van der Waals surface area contributed by atoms with Crippen molar-refractivity contribution in [2.24, 2.45) is 0 Å². The average molecular weight is 440 g/mol. The molecule has 172 valence electrons. The molecule has 0 aliphatic carbocycles. The number of hydrogen-bond acceptors (Lipinski definition) is 4. The summed E-state index contributed by atoms with van der Waals surface area (Å²) in [5.41, 5.74) is 0.610. The fourth-order valence-corrected chi connectivity index (χ4v) is 4.71. The second-order valence-electron chi connectivity index (χ2n) is 8.86. The van der Waals surface area contributed by atoms with E-state index in [1.807, 2.05) is 0 Å². The van der Waals surface area contributed by atoms with Crippen LogP contribution in [0.4, 0.5) is 4.39 Å². The van der Waals surface area contributed by atoms with Gasteiger partial charge in [0.2, 0.25) is 0 Å². The molecule has 2 aromatic carbocycles. The molecule has 1 amide bonds. The Hall–Kier alpha value is -2.44. The van der Waals surface area contributed by atoms with Crippen molar-refractivity contribution in [1.82, 2.24) is 15.1 Å². The quantitative estimate of drug-likeness (QED) is 0.606. The number of amides is 1. The maximum atomic E-state index is 13.0. The van der Waals surface area contributed by atoms with E-state index >= 15 is 0 Å². The highest BCUT2D eigenvalue weighted by atomic mass is 19.1. The van der Waals surface area contributed by atoms with E-state index in [9.17, 15) is 9.18 Å². The van der Waals surface area contributed by atoms with Crippen molar-refractivity contribution in [1.29, 1.82) is 0 Å². The largest absolute Gasteiger partial charge is 0.457 e. The zero-order valence-electron chi connectivity index (χ0n) is 18.8. The minimum atomic E-state index is -0.300. The summed E-state index contributed by atoms with van der Waals surface area (Å²) in [4.78, 5) is 17.6. The first-order valence-electron chi connectivity index (χ1n) is 12.0. The van der Waals surface area contributed by atoms with Crippen LogP contribution in [0.2, 0.25) is 0 Å². The van der Waals surface area contributed by atoms with Crippen LogP contribution in [0.25, 0.3) is 0 Å². The molecule has 0 spiro atoms. The summed E-state index contributed by atoms with van der Waals surface area (Å²) >= 11 is 0. The summed E-state index contributed by atoms with van der Waals surface area (Å²) in [6.07, 6.45) is 7.64. The first-order valence-corrected chi connectivity index (χ1v) is 12.0. The number of nitrogens with zero attached hydrogens (tertiary/aromatic N) is 2. The van der Waals surface area contributed by atoms with Crippen LogP contribution in [0.5, 0.6) is 11.5 Å². The van der Waals surface area contributed by atoms with Gasteiger partial charge in [-0.15, -0.1) is 0 Å². The van der Waals surface area contributed by atoms with E-state index in [1.54, 1.807) is 36.4 Å². The molecule has 2 heterocycles. The third-order valence-electron chi connectivity index (χ3n) is 6.57. The number of halogens is 1. The molecule has 0 atom stereocenters. The zero-order chi connectivity index (χ0) is 22.2. The van der Waals surface area contributed by atoms with Crippen molar-refractivity contribution < 1.29 is 13.9 Å². The smallest absolute Gasteiger partial charge is 0.251 e.